The van der Waals surface area contributed by atoms with E-state index in [4.69, 9.17) is 5.73 Å². The zero-order valence-corrected chi connectivity index (χ0v) is 11.0. The zero-order chi connectivity index (χ0) is 13.0. The average molecular weight is 265 g/mol. The van der Waals surface area contributed by atoms with E-state index in [9.17, 15) is 4.39 Å². The van der Waals surface area contributed by atoms with Crippen LogP contribution in [0.3, 0.4) is 0 Å². The van der Waals surface area contributed by atoms with E-state index in [2.05, 4.69) is 11.9 Å². The molecular weight excluding hydrogens is 249 g/mol. The van der Waals surface area contributed by atoms with Crippen molar-refractivity contribution in [1.29, 1.82) is 0 Å². The number of thioether (sulfide) groups is 1. The lowest BCUT2D eigenvalue weighted by atomic mass is 10.3. The van der Waals surface area contributed by atoms with Gasteiger partial charge >= 0.3 is 0 Å². The number of benzene rings is 1. The normalized spacial score (nSPS) is 12.6. The molecule has 0 aliphatic rings. The Bertz CT molecular complexity index is 512. The molecule has 2 rings (SSSR count). The molecule has 2 aromatic rings. The maximum Gasteiger partial charge on any atom is 0.126 e. The van der Waals surface area contributed by atoms with Gasteiger partial charge in [0.15, 0.2) is 0 Å². The molecule has 1 aromatic carbocycles. The Hall–Kier alpha value is -1.33. The molecule has 0 radical (unpaired) electrons. The van der Waals surface area contributed by atoms with Crippen LogP contribution in [0.5, 0.6) is 0 Å². The lowest BCUT2D eigenvalue weighted by Gasteiger charge is -2.12. The van der Waals surface area contributed by atoms with Gasteiger partial charge in [-0.3, -0.25) is 0 Å². The first-order valence-corrected chi connectivity index (χ1v) is 6.84. The number of halogens is 1. The van der Waals surface area contributed by atoms with Crippen molar-refractivity contribution < 1.29 is 4.39 Å². The minimum absolute atomic E-state index is 0.145. The Morgan fingerprint density at radius 1 is 1.50 bits per heavy atom. The van der Waals surface area contributed by atoms with E-state index in [1.54, 1.807) is 24.0 Å². The molecule has 1 unspecified atom stereocenters. The molecule has 0 bridgehead atoms. The Morgan fingerprint density at radius 2 is 2.33 bits per heavy atom. The van der Waals surface area contributed by atoms with Crippen molar-refractivity contribution >= 4 is 11.8 Å². The first-order chi connectivity index (χ1) is 8.70. The second-order valence-electron chi connectivity index (χ2n) is 3.95. The molecule has 2 N–H and O–H groups in total. The molecule has 0 saturated carbocycles. The van der Waals surface area contributed by atoms with Gasteiger partial charge in [0.25, 0.3) is 0 Å². The highest BCUT2D eigenvalue weighted by Gasteiger charge is 2.12. The third-order valence-electron chi connectivity index (χ3n) is 2.65. The fraction of sp³-hybridized carbons (Fsp3) is 0.308. The first-order valence-electron chi connectivity index (χ1n) is 5.85. The fourth-order valence-corrected chi connectivity index (χ4v) is 2.63. The molecule has 1 atom stereocenters. The van der Waals surface area contributed by atoms with Crippen LogP contribution < -0.4 is 5.73 Å². The Morgan fingerprint density at radius 3 is 3.06 bits per heavy atom. The first kappa shape index (κ1) is 13.1. The standard InChI is InChI=1S/C13H16FN3S/c1-2-17-7-6-16-13(17)12(15)9-18-11-5-3-4-10(14)8-11/h3-8,12H,2,9,15H2,1H3. The molecule has 0 aliphatic heterocycles. The van der Waals surface area contributed by atoms with Crippen molar-refractivity contribution in [3.63, 3.8) is 0 Å². The third kappa shape index (κ3) is 3.11. The predicted octanol–water partition coefficient (Wildman–Crippen LogP) is 2.83. The summed E-state index contributed by atoms with van der Waals surface area (Å²) >= 11 is 1.54. The van der Waals surface area contributed by atoms with Crippen molar-refractivity contribution in [3.05, 3.63) is 48.3 Å². The quantitative estimate of drug-likeness (QED) is 0.845. The highest BCUT2D eigenvalue weighted by atomic mass is 32.2. The van der Waals surface area contributed by atoms with Crippen LogP contribution in [0.2, 0.25) is 0 Å². The van der Waals surface area contributed by atoms with Crippen LogP contribution in [-0.4, -0.2) is 15.3 Å². The van der Waals surface area contributed by atoms with Gasteiger partial charge in [-0.15, -0.1) is 11.8 Å². The Labute approximate surface area is 110 Å². The van der Waals surface area contributed by atoms with Crippen LogP contribution >= 0.6 is 11.8 Å². The van der Waals surface area contributed by atoms with Crippen molar-refractivity contribution in [3.8, 4) is 0 Å². The minimum Gasteiger partial charge on any atom is -0.334 e. The minimum atomic E-state index is -0.219. The molecule has 0 aliphatic carbocycles. The molecule has 1 aromatic heterocycles. The van der Waals surface area contributed by atoms with E-state index in [-0.39, 0.29) is 11.9 Å². The third-order valence-corrected chi connectivity index (χ3v) is 3.76. The summed E-state index contributed by atoms with van der Waals surface area (Å²) in [6.07, 6.45) is 3.67. The molecule has 3 nitrogen and oxygen atoms in total. The molecular formula is C13H16FN3S. The van der Waals surface area contributed by atoms with Crippen LogP contribution in [0, 0.1) is 5.82 Å². The summed E-state index contributed by atoms with van der Waals surface area (Å²) in [6.45, 7) is 2.91. The number of hydrogen-bond donors (Lipinski definition) is 1. The number of nitrogens with zero attached hydrogens (tertiary/aromatic N) is 2. The van der Waals surface area contributed by atoms with E-state index in [1.165, 1.54) is 12.1 Å². The second-order valence-corrected chi connectivity index (χ2v) is 5.04. The topological polar surface area (TPSA) is 43.8 Å². The van der Waals surface area contributed by atoms with Gasteiger partial charge in [0.1, 0.15) is 11.6 Å². The van der Waals surface area contributed by atoms with Crippen molar-refractivity contribution in [2.24, 2.45) is 5.73 Å². The molecule has 5 heteroatoms. The van der Waals surface area contributed by atoms with E-state index in [0.29, 0.717) is 5.75 Å². The lowest BCUT2D eigenvalue weighted by molar-refractivity contribution is 0.624. The molecule has 1 heterocycles. The molecule has 18 heavy (non-hydrogen) atoms. The van der Waals surface area contributed by atoms with Gasteiger partial charge in [0, 0.05) is 29.6 Å². The van der Waals surface area contributed by atoms with Crippen molar-refractivity contribution in [1.82, 2.24) is 9.55 Å². The maximum atomic E-state index is 13.0. The van der Waals surface area contributed by atoms with Crippen LogP contribution in [0.25, 0.3) is 0 Å². The highest BCUT2D eigenvalue weighted by Crippen LogP contribution is 2.23. The lowest BCUT2D eigenvalue weighted by Crippen LogP contribution is -2.18. The number of hydrogen-bond acceptors (Lipinski definition) is 3. The summed E-state index contributed by atoms with van der Waals surface area (Å²) in [5, 5.41) is 0. The maximum absolute atomic E-state index is 13.0. The SMILES string of the molecule is CCn1ccnc1C(N)CSc1cccc(F)c1. The predicted molar refractivity (Wildman–Crippen MR) is 72.0 cm³/mol. The van der Waals surface area contributed by atoms with Gasteiger partial charge in [-0.25, -0.2) is 9.37 Å². The van der Waals surface area contributed by atoms with Crippen LogP contribution in [0.15, 0.2) is 41.6 Å². The zero-order valence-electron chi connectivity index (χ0n) is 10.2. The largest absolute Gasteiger partial charge is 0.334 e. The number of nitrogens with two attached hydrogens (primary N) is 1. The average Bonchev–Trinajstić information content (AvgIpc) is 2.84. The summed E-state index contributed by atoms with van der Waals surface area (Å²) in [5.74, 6) is 1.34. The number of imidazole rings is 1. The molecule has 96 valence electrons. The van der Waals surface area contributed by atoms with E-state index >= 15 is 0 Å². The molecule has 0 spiro atoms. The number of aryl methyl sites for hydroxylation is 1. The fourth-order valence-electron chi connectivity index (χ4n) is 1.73. The van der Waals surface area contributed by atoms with Crippen LogP contribution in [-0.2, 0) is 6.54 Å². The van der Waals surface area contributed by atoms with Gasteiger partial charge in [-0.2, -0.15) is 0 Å². The van der Waals surface area contributed by atoms with Crippen molar-refractivity contribution in [2.45, 2.75) is 24.4 Å². The van der Waals surface area contributed by atoms with E-state index in [0.717, 1.165) is 17.3 Å². The number of rotatable bonds is 5. The van der Waals surface area contributed by atoms with Gasteiger partial charge in [-0.1, -0.05) is 6.07 Å². The van der Waals surface area contributed by atoms with Crippen LogP contribution in [0.4, 0.5) is 4.39 Å². The molecule has 0 fully saturated rings. The Balaban J connectivity index is 1.98. The van der Waals surface area contributed by atoms with Gasteiger partial charge in [-0.05, 0) is 25.1 Å². The monoisotopic (exact) mass is 265 g/mol. The number of aromatic nitrogens is 2. The van der Waals surface area contributed by atoms with Gasteiger partial charge in [0.05, 0.1) is 6.04 Å². The second kappa shape index (κ2) is 6.02. The van der Waals surface area contributed by atoms with Crippen LogP contribution in [0.1, 0.15) is 18.8 Å². The van der Waals surface area contributed by atoms with Gasteiger partial charge < -0.3 is 10.3 Å². The van der Waals surface area contributed by atoms with Crippen molar-refractivity contribution in [2.75, 3.05) is 5.75 Å². The molecule has 0 amide bonds. The summed E-state index contributed by atoms with van der Waals surface area (Å²) in [5.41, 5.74) is 6.10. The van der Waals surface area contributed by atoms with E-state index in [1.807, 2.05) is 16.8 Å². The summed E-state index contributed by atoms with van der Waals surface area (Å²) < 4.78 is 15.0. The Kier molecular flexibility index (Phi) is 4.38. The summed E-state index contributed by atoms with van der Waals surface area (Å²) in [6, 6.07) is 6.40. The smallest absolute Gasteiger partial charge is 0.126 e. The summed E-state index contributed by atoms with van der Waals surface area (Å²) in [7, 11) is 0. The summed E-state index contributed by atoms with van der Waals surface area (Å²) in [4.78, 5) is 5.16. The van der Waals surface area contributed by atoms with E-state index < -0.39 is 0 Å². The van der Waals surface area contributed by atoms with Gasteiger partial charge in [0.2, 0.25) is 0 Å². The highest BCUT2D eigenvalue weighted by molar-refractivity contribution is 7.99. The molecule has 0 saturated heterocycles.